The van der Waals surface area contributed by atoms with E-state index >= 15 is 0 Å². The molecule has 1 amide bonds. The summed E-state index contributed by atoms with van der Waals surface area (Å²) in [5.74, 6) is -0.780. The molecule has 2 rings (SSSR count). The van der Waals surface area contributed by atoms with Crippen molar-refractivity contribution < 1.29 is 14.3 Å². The molecular formula is C20H20Cl2N2O3S. The molecular weight excluding hydrogens is 419 g/mol. The molecule has 0 aromatic heterocycles. The highest BCUT2D eigenvalue weighted by molar-refractivity contribution is 7.80. The minimum absolute atomic E-state index is 0.00626. The lowest BCUT2D eigenvalue weighted by atomic mass is 10.2. The van der Waals surface area contributed by atoms with Gasteiger partial charge in [0.1, 0.15) is 0 Å². The van der Waals surface area contributed by atoms with Crippen LogP contribution in [-0.4, -0.2) is 23.6 Å². The van der Waals surface area contributed by atoms with Gasteiger partial charge in [-0.1, -0.05) is 59.6 Å². The van der Waals surface area contributed by atoms with Crippen molar-refractivity contribution in [1.82, 2.24) is 10.6 Å². The SMILES string of the molecule is O=C(CCC(=O)OCCc1ccccc1)NC(=S)NCc1ccc(Cl)cc1Cl. The van der Waals surface area contributed by atoms with E-state index in [9.17, 15) is 9.59 Å². The molecule has 0 unspecified atom stereocenters. The van der Waals surface area contributed by atoms with Crippen molar-refractivity contribution in [1.29, 1.82) is 0 Å². The number of ether oxygens (including phenoxy) is 1. The van der Waals surface area contributed by atoms with Gasteiger partial charge in [-0.3, -0.25) is 9.59 Å². The number of carbonyl (C=O) groups is 2. The minimum atomic E-state index is -0.419. The molecule has 0 saturated heterocycles. The predicted molar refractivity (Wildman–Crippen MR) is 114 cm³/mol. The Morgan fingerprint density at radius 3 is 2.50 bits per heavy atom. The lowest BCUT2D eigenvalue weighted by Gasteiger charge is -2.11. The molecule has 2 aromatic carbocycles. The normalized spacial score (nSPS) is 10.2. The lowest BCUT2D eigenvalue weighted by molar-refractivity contribution is -0.144. The van der Waals surface area contributed by atoms with Crippen molar-refractivity contribution in [3.05, 3.63) is 69.7 Å². The Morgan fingerprint density at radius 2 is 1.79 bits per heavy atom. The van der Waals surface area contributed by atoms with Crippen LogP contribution in [-0.2, 0) is 27.3 Å². The van der Waals surface area contributed by atoms with Crippen LogP contribution < -0.4 is 10.6 Å². The zero-order chi connectivity index (χ0) is 20.4. The van der Waals surface area contributed by atoms with Crippen LogP contribution in [0, 0.1) is 0 Å². The second-order valence-corrected chi connectivity index (χ2v) is 7.17. The smallest absolute Gasteiger partial charge is 0.306 e. The van der Waals surface area contributed by atoms with Gasteiger partial charge in [0.15, 0.2) is 5.11 Å². The van der Waals surface area contributed by atoms with Gasteiger partial charge in [-0.2, -0.15) is 0 Å². The van der Waals surface area contributed by atoms with Gasteiger partial charge in [-0.15, -0.1) is 0 Å². The Bertz CT molecular complexity index is 831. The second kappa shape index (κ2) is 11.6. The fourth-order valence-corrected chi connectivity index (χ4v) is 2.95. The van der Waals surface area contributed by atoms with Gasteiger partial charge in [-0.25, -0.2) is 0 Å². The summed E-state index contributed by atoms with van der Waals surface area (Å²) in [7, 11) is 0. The van der Waals surface area contributed by atoms with E-state index in [1.165, 1.54) is 0 Å². The number of benzene rings is 2. The maximum absolute atomic E-state index is 11.9. The average Bonchev–Trinajstić information content (AvgIpc) is 2.66. The first-order valence-electron chi connectivity index (χ1n) is 8.65. The van der Waals surface area contributed by atoms with E-state index < -0.39 is 5.97 Å². The van der Waals surface area contributed by atoms with Crippen LogP contribution >= 0.6 is 35.4 Å². The van der Waals surface area contributed by atoms with Gasteiger partial charge in [0.05, 0.1) is 13.0 Å². The first-order chi connectivity index (χ1) is 13.4. The molecule has 0 atom stereocenters. The molecule has 5 nitrogen and oxygen atoms in total. The van der Waals surface area contributed by atoms with E-state index in [2.05, 4.69) is 10.6 Å². The number of esters is 1. The number of amides is 1. The van der Waals surface area contributed by atoms with E-state index in [1.807, 2.05) is 30.3 Å². The third-order valence-corrected chi connectivity index (χ3v) is 4.59. The van der Waals surface area contributed by atoms with Crippen LogP contribution in [0.2, 0.25) is 10.0 Å². The van der Waals surface area contributed by atoms with Crippen molar-refractivity contribution in [3.8, 4) is 0 Å². The molecule has 0 aliphatic heterocycles. The Labute approximate surface area is 179 Å². The molecule has 0 bridgehead atoms. The molecule has 0 heterocycles. The zero-order valence-corrected chi connectivity index (χ0v) is 17.4. The predicted octanol–water partition coefficient (Wildman–Crippen LogP) is 4.05. The molecule has 0 aliphatic carbocycles. The fraction of sp³-hybridized carbons (Fsp3) is 0.250. The molecule has 2 aromatic rings. The van der Waals surface area contributed by atoms with Crippen LogP contribution in [0.4, 0.5) is 0 Å². The molecule has 0 saturated carbocycles. The summed E-state index contributed by atoms with van der Waals surface area (Å²) < 4.78 is 5.14. The first kappa shape index (κ1) is 22.1. The van der Waals surface area contributed by atoms with Gasteiger partial charge < -0.3 is 15.4 Å². The van der Waals surface area contributed by atoms with Crippen molar-refractivity contribution in [2.75, 3.05) is 6.61 Å². The standard InChI is InChI=1S/C20H20Cl2N2O3S/c21-16-7-6-15(17(22)12-16)13-23-20(28)24-18(25)8-9-19(26)27-11-10-14-4-2-1-3-5-14/h1-7,12H,8-11,13H2,(H2,23,24,25,28). The maximum Gasteiger partial charge on any atom is 0.306 e. The van der Waals surface area contributed by atoms with Crippen molar-refractivity contribution in [2.24, 2.45) is 0 Å². The molecule has 2 N–H and O–H groups in total. The summed E-state index contributed by atoms with van der Waals surface area (Å²) in [5, 5.41) is 6.62. The van der Waals surface area contributed by atoms with Crippen molar-refractivity contribution >= 4 is 52.4 Å². The van der Waals surface area contributed by atoms with E-state index in [0.717, 1.165) is 11.1 Å². The second-order valence-electron chi connectivity index (χ2n) is 5.92. The highest BCUT2D eigenvalue weighted by atomic mass is 35.5. The Hall–Kier alpha value is -2.15. The van der Waals surface area contributed by atoms with E-state index in [4.69, 9.17) is 40.2 Å². The molecule has 8 heteroatoms. The van der Waals surface area contributed by atoms with Crippen LogP contribution in [0.1, 0.15) is 24.0 Å². The van der Waals surface area contributed by atoms with Gasteiger partial charge in [0.25, 0.3) is 0 Å². The maximum atomic E-state index is 11.9. The van der Waals surface area contributed by atoms with E-state index in [1.54, 1.807) is 18.2 Å². The first-order valence-corrected chi connectivity index (χ1v) is 9.81. The highest BCUT2D eigenvalue weighted by Gasteiger charge is 2.10. The van der Waals surface area contributed by atoms with Gasteiger partial charge in [-0.05, 0) is 35.5 Å². The summed E-state index contributed by atoms with van der Waals surface area (Å²) >= 11 is 17.0. The quantitative estimate of drug-likeness (QED) is 0.480. The topological polar surface area (TPSA) is 67.4 Å². The summed E-state index contributed by atoms with van der Waals surface area (Å²) in [4.78, 5) is 23.6. The number of hydrogen-bond donors (Lipinski definition) is 2. The molecule has 0 aliphatic rings. The third-order valence-electron chi connectivity index (χ3n) is 3.76. The molecule has 148 valence electrons. The van der Waals surface area contributed by atoms with Crippen LogP contribution in [0.15, 0.2) is 48.5 Å². The van der Waals surface area contributed by atoms with Gasteiger partial charge in [0.2, 0.25) is 5.91 Å². The highest BCUT2D eigenvalue weighted by Crippen LogP contribution is 2.20. The monoisotopic (exact) mass is 438 g/mol. The van der Waals surface area contributed by atoms with Crippen LogP contribution in [0.25, 0.3) is 0 Å². The molecule has 0 radical (unpaired) electrons. The summed E-state index contributed by atoms with van der Waals surface area (Å²) in [6.07, 6.45) is 0.625. The molecule has 0 fully saturated rings. The summed E-state index contributed by atoms with van der Waals surface area (Å²) in [6.45, 7) is 0.628. The van der Waals surface area contributed by atoms with E-state index in [0.29, 0.717) is 23.0 Å². The molecule has 0 spiro atoms. The van der Waals surface area contributed by atoms with Crippen molar-refractivity contribution in [3.63, 3.8) is 0 Å². The lowest BCUT2D eigenvalue weighted by Crippen LogP contribution is -2.39. The number of halogens is 2. The number of thiocarbonyl (C=S) groups is 1. The average molecular weight is 439 g/mol. The van der Waals surface area contributed by atoms with Crippen LogP contribution in [0.3, 0.4) is 0 Å². The van der Waals surface area contributed by atoms with E-state index in [-0.39, 0.29) is 30.5 Å². The Morgan fingerprint density at radius 1 is 1.04 bits per heavy atom. The van der Waals surface area contributed by atoms with Crippen LogP contribution in [0.5, 0.6) is 0 Å². The zero-order valence-electron chi connectivity index (χ0n) is 15.0. The number of rotatable bonds is 8. The Balaban J connectivity index is 1.61. The van der Waals surface area contributed by atoms with Gasteiger partial charge >= 0.3 is 5.97 Å². The van der Waals surface area contributed by atoms with Gasteiger partial charge in [0, 0.05) is 29.4 Å². The molecule has 28 heavy (non-hydrogen) atoms. The van der Waals surface area contributed by atoms with Crippen molar-refractivity contribution in [2.45, 2.75) is 25.8 Å². The minimum Gasteiger partial charge on any atom is -0.465 e. The number of nitrogens with one attached hydrogen (secondary N) is 2. The fourth-order valence-electron chi connectivity index (χ4n) is 2.29. The Kier molecular flexibility index (Phi) is 9.20. The summed E-state index contributed by atoms with van der Waals surface area (Å²) in [6, 6.07) is 14.8. The number of carbonyl (C=O) groups excluding carboxylic acids is 2. The summed E-state index contributed by atoms with van der Waals surface area (Å²) in [5.41, 5.74) is 1.88. The number of hydrogen-bond acceptors (Lipinski definition) is 4. The third kappa shape index (κ3) is 8.25. The largest absolute Gasteiger partial charge is 0.465 e.